The summed E-state index contributed by atoms with van der Waals surface area (Å²) in [5.74, 6) is -0.280. The molecule has 0 unspecified atom stereocenters. The first-order chi connectivity index (χ1) is 12.3. The number of hydrogen-bond acceptors (Lipinski definition) is 5. The van der Waals surface area contributed by atoms with Crippen LogP contribution in [-0.2, 0) is 21.2 Å². The molecule has 0 aromatic heterocycles. The number of benzene rings is 1. The monoisotopic (exact) mass is 451 g/mol. The maximum absolute atomic E-state index is 13.2. The summed E-state index contributed by atoms with van der Waals surface area (Å²) in [4.78, 5) is 17.2. The van der Waals surface area contributed by atoms with E-state index in [1.165, 1.54) is 19.1 Å². The highest BCUT2D eigenvalue weighted by Gasteiger charge is 2.49. The Hall–Kier alpha value is -1.02. The van der Waals surface area contributed by atoms with Crippen molar-refractivity contribution < 1.29 is 13.2 Å². The summed E-state index contributed by atoms with van der Waals surface area (Å²) in [5.41, 5.74) is 2.23. The molecule has 2 aliphatic rings. The second kappa shape index (κ2) is 10.1. The van der Waals surface area contributed by atoms with Gasteiger partial charge in [0.05, 0.1) is 0 Å². The normalized spacial score (nSPS) is 18.7. The van der Waals surface area contributed by atoms with Gasteiger partial charge in [0, 0.05) is 38.6 Å². The molecule has 2 heterocycles. The molecule has 1 amide bonds. The van der Waals surface area contributed by atoms with Crippen molar-refractivity contribution in [1.29, 1.82) is 0 Å². The Labute approximate surface area is 180 Å². The topological polar surface area (TPSA) is 69.7 Å². The van der Waals surface area contributed by atoms with Gasteiger partial charge in [-0.05, 0) is 50.4 Å². The third kappa shape index (κ3) is 4.93. The Morgan fingerprint density at radius 2 is 1.71 bits per heavy atom. The molecule has 0 aliphatic carbocycles. The minimum absolute atomic E-state index is 0. The number of nitrogens with one attached hydrogen (secondary N) is 1. The molecule has 0 atom stereocenters. The third-order valence-electron chi connectivity index (χ3n) is 5.70. The number of piperidine rings is 1. The molecule has 1 N–H and O–H groups in total. The van der Waals surface area contributed by atoms with E-state index in [1.807, 2.05) is 18.2 Å². The van der Waals surface area contributed by atoms with Crippen molar-refractivity contribution in [2.45, 2.75) is 37.0 Å². The Balaban J connectivity index is 0.00000196. The highest BCUT2D eigenvalue weighted by Crippen LogP contribution is 2.31. The lowest BCUT2D eigenvalue weighted by atomic mass is 9.95. The molecule has 3 rings (SSSR count). The number of sulfone groups is 1. The number of anilines is 1. The van der Waals surface area contributed by atoms with Gasteiger partial charge in [-0.25, -0.2) is 8.42 Å². The fourth-order valence-corrected chi connectivity index (χ4v) is 5.58. The van der Waals surface area contributed by atoms with Gasteiger partial charge in [0.25, 0.3) is 0 Å². The molecule has 6 nitrogen and oxygen atoms in total. The van der Waals surface area contributed by atoms with Crippen molar-refractivity contribution in [1.82, 2.24) is 10.2 Å². The summed E-state index contributed by atoms with van der Waals surface area (Å²) in [6.07, 6.45) is 4.24. The quantitative estimate of drug-likeness (QED) is 0.742. The van der Waals surface area contributed by atoms with Crippen LogP contribution < -0.4 is 10.2 Å². The van der Waals surface area contributed by atoms with Crippen LogP contribution in [0.3, 0.4) is 0 Å². The molecule has 2 aliphatic heterocycles. The number of carbonyl (C=O) groups excluding carboxylic acids is 1. The number of hydrogen-bond donors (Lipinski definition) is 1. The van der Waals surface area contributed by atoms with Gasteiger partial charge in [0.2, 0.25) is 5.91 Å². The van der Waals surface area contributed by atoms with Crippen LogP contribution in [0, 0.1) is 0 Å². The van der Waals surface area contributed by atoms with E-state index in [0.717, 1.165) is 24.3 Å². The van der Waals surface area contributed by atoms with E-state index in [9.17, 15) is 13.2 Å². The molecule has 160 valence electrons. The number of para-hydroxylation sites is 1. The summed E-state index contributed by atoms with van der Waals surface area (Å²) < 4.78 is 23.7. The predicted octanol–water partition coefficient (Wildman–Crippen LogP) is 2.26. The lowest BCUT2D eigenvalue weighted by Gasteiger charge is -2.37. The first kappa shape index (κ1) is 25.0. The Morgan fingerprint density at radius 3 is 2.29 bits per heavy atom. The van der Waals surface area contributed by atoms with Gasteiger partial charge in [-0.1, -0.05) is 18.2 Å². The highest BCUT2D eigenvalue weighted by atomic mass is 35.5. The molecule has 0 bridgehead atoms. The number of amides is 1. The minimum Gasteiger partial charge on any atom is -0.371 e. The van der Waals surface area contributed by atoms with Crippen molar-refractivity contribution in [3.05, 3.63) is 29.8 Å². The lowest BCUT2D eigenvalue weighted by molar-refractivity contribution is -0.134. The molecule has 9 heteroatoms. The average Bonchev–Trinajstić information content (AvgIpc) is 3.15. The zero-order valence-corrected chi connectivity index (χ0v) is 19.0. The van der Waals surface area contributed by atoms with Crippen LogP contribution in [0.4, 0.5) is 5.69 Å². The van der Waals surface area contributed by atoms with E-state index in [2.05, 4.69) is 16.3 Å². The zero-order chi connectivity index (χ0) is 18.8. The van der Waals surface area contributed by atoms with Crippen molar-refractivity contribution in [2.24, 2.45) is 0 Å². The standard InChI is InChI=1S/C19H29N3O3S.2ClH/c1-21(18(23)19(26(2,24)25)9-11-20-12-10-19)15-16-7-3-4-8-17(16)22-13-5-6-14-22;;/h3-4,7-8,20H,5-6,9-15H2,1-2H3;2*1H. The molecular weight excluding hydrogens is 421 g/mol. The Bertz CT molecular complexity index is 761. The molecular formula is C19H31Cl2N3O3S. The van der Waals surface area contributed by atoms with Gasteiger partial charge in [0.1, 0.15) is 0 Å². The van der Waals surface area contributed by atoms with Crippen LogP contribution in [-0.4, -0.2) is 63.5 Å². The molecule has 1 aromatic carbocycles. The third-order valence-corrected chi connectivity index (χ3v) is 7.71. The van der Waals surface area contributed by atoms with Gasteiger partial charge in [0.15, 0.2) is 14.6 Å². The van der Waals surface area contributed by atoms with Gasteiger partial charge >= 0.3 is 0 Å². The number of rotatable bonds is 5. The van der Waals surface area contributed by atoms with E-state index >= 15 is 0 Å². The van der Waals surface area contributed by atoms with E-state index in [-0.39, 0.29) is 30.7 Å². The molecule has 0 saturated carbocycles. The smallest absolute Gasteiger partial charge is 0.244 e. The predicted molar refractivity (Wildman–Crippen MR) is 119 cm³/mol. The molecule has 1 aromatic rings. The van der Waals surface area contributed by atoms with E-state index in [4.69, 9.17) is 0 Å². The number of nitrogens with zero attached hydrogens (tertiary/aromatic N) is 2. The highest BCUT2D eigenvalue weighted by molar-refractivity contribution is 7.92. The fraction of sp³-hybridized carbons (Fsp3) is 0.632. The van der Waals surface area contributed by atoms with Gasteiger partial charge in [-0.15, -0.1) is 24.8 Å². The second-order valence-corrected chi connectivity index (χ2v) is 9.83. The van der Waals surface area contributed by atoms with Gasteiger partial charge in [-0.3, -0.25) is 4.79 Å². The van der Waals surface area contributed by atoms with Gasteiger partial charge in [-0.2, -0.15) is 0 Å². The first-order valence-electron chi connectivity index (χ1n) is 9.34. The number of halogens is 2. The molecule has 2 fully saturated rings. The average molecular weight is 452 g/mol. The van der Waals surface area contributed by atoms with E-state index in [1.54, 1.807) is 11.9 Å². The summed E-state index contributed by atoms with van der Waals surface area (Å²) in [7, 11) is -1.77. The van der Waals surface area contributed by atoms with Gasteiger partial charge < -0.3 is 15.1 Å². The van der Waals surface area contributed by atoms with Crippen LogP contribution in [0.25, 0.3) is 0 Å². The maximum Gasteiger partial charge on any atom is 0.244 e. The summed E-state index contributed by atoms with van der Waals surface area (Å²) in [6.45, 7) is 3.60. The molecule has 0 spiro atoms. The van der Waals surface area contributed by atoms with Crippen LogP contribution >= 0.6 is 24.8 Å². The van der Waals surface area contributed by atoms with Crippen molar-refractivity contribution >= 4 is 46.2 Å². The zero-order valence-electron chi connectivity index (χ0n) is 16.5. The summed E-state index contributed by atoms with van der Waals surface area (Å²) >= 11 is 0. The molecule has 0 radical (unpaired) electrons. The Kier molecular flexibility index (Phi) is 9.06. The van der Waals surface area contributed by atoms with Crippen LogP contribution in [0.2, 0.25) is 0 Å². The second-order valence-electron chi connectivity index (χ2n) is 7.50. The van der Waals surface area contributed by atoms with E-state index in [0.29, 0.717) is 32.5 Å². The first-order valence-corrected chi connectivity index (χ1v) is 11.2. The SMILES string of the molecule is CN(Cc1ccccc1N1CCCC1)C(=O)C1(S(C)(=O)=O)CCNCC1.Cl.Cl. The summed E-state index contributed by atoms with van der Waals surface area (Å²) in [6, 6.07) is 8.12. The van der Waals surface area contributed by atoms with Crippen LogP contribution in [0.1, 0.15) is 31.2 Å². The van der Waals surface area contributed by atoms with Crippen molar-refractivity contribution in [3.8, 4) is 0 Å². The lowest BCUT2D eigenvalue weighted by Crippen LogP contribution is -2.57. The summed E-state index contributed by atoms with van der Waals surface area (Å²) in [5, 5.41) is 3.16. The van der Waals surface area contributed by atoms with E-state index < -0.39 is 14.6 Å². The molecule has 2 saturated heterocycles. The maximum atomic E-state index is 13.2. The van der Waals surface area contributed by atoms with Crippen LogP contribution in [0.5, 0.6) is 0 Å². The minimum atomic E-state index is -3.49. The van der Waals surface area contributed by atoms with Crippen LogP contribution in [0.15, 0.2) is 24.3 Å². The largest absolute Gasteiger partial charge is 0.371 e. The van der Waals surface area contributed by atoms with Crippen molar-refractivity contribution in [2.75, 3.05) is 44.4 Å². The van der Waals surface area contributed by atoms with Crippen molar-refractivity contribution in [3.63, 3.8) is 0 Å². The number of carbonyl (C=O) groups is 1. The fourth-order valence-electron chi connectivity index (χ4n) is 4.16. The molecule has 28 heavy (non-hydrogen) atoms. The Morgan fingerprint density at radius 1 is 1.14 bits per heavy atom.